The lowest BCUT2D eigenvalue weighted by Gasteiger charge is -2.36. The molecule has 1 aromatic rings. The molecule has 1 aromatic heterocycles. The first-order valence-corrected chi connectivity index (χ1v) is 8.79. The summed E-state index contributed by atoms with van der Waals surface area (Å²) >= 11 is 0. The lowest BCUT2D eigenvalue weighted by molar-refractivity contribution is -0.135. The van der Waals surface area contributed by atoms with Gasteiger partial charge in [-0.1, -0.05) is 19.1 Å². The molecule has 2 amide bonds. The van der Waals surface area contributed by atoms with Crippen molar-refractivity contribution in [3.63, 3.8) is 0 Å². The lowest BCUT2D eigenvalue weighted by Crippen LogP contribution is -2.44. The Morgan fingerprint density at radius 3 is 2.75 bits per heavy atom. The molecule has 1 fully saturated rings. The first kappa shape index (κ1) is 18.4. The van der Waals surface area contributed by atoms with Crippen LogP contribution < -0.4 is 0 Å². The molecule has 0 aromatic carbocycles. The van der Waals surface area contributed by atoms with Gasteiger partial charge in [0.1, 0.15) is 0 Å². The molecule has 1 aliphatic rings. The first-order chi connectivity index (χ1) is 11.4. The van der Waals surface area contributed by atoms with E-state index in [0.717, 1.165) is 32.2 Å². The van der Waals surface area contributed by atoms with E-state index in [1.165, 1.54) is 4.90 Å². The van der Waals surface area contributed by atoms with E-state index >= 15 is 0 Å². The molecule has 0 bridgehead atoms. The number of nitrogens with zero attached hydrogens (tertiary/aromatic N) is 5. The highest BCUT2D eigenvalue weighted by molar-refractivity contribution is 5.91. The van der Waals surface area contributed by atoms with Crippen molar-refractivity contribution >= 4 is 11.8 Å². The Balaban J connectivity index is 1.94. The summed E-state index contributed by atoms with van der Waals surface area (Å²) in [6.07, 6.45) is 6.44. The molecular formula is C17H29N5O2. The molecule has 2 rings (SSSR count). The highest BCUT2D eigenvalue weighted by Gasteiger charge is 2.26. The molecule has 24 heavy (non-hydrogen) atoms. The van der Waals surface area contributed by atoms with Crippen LogP contribution in [0.25, 0.3) is 0 Å². The topological polar surface area (TPSA) is 71.3 Å². The molecule has 0 spiro atoms. The average Bonchev–Trinajstić information content (AvgIpc) is 3.00. The molecule has 0 saturated carbocycles. The van der Waals surface area contributed by atoms with Crippen molar-refractivity contribution in [2.24, 2.45) is 5.92 Å². The summed E-state index contributed by atoms with van der Waals surface area (Å²) in [4.78, 5) is 27.8. The molecule has 0 N–H and O–H groups in total. The lowest BCUT2D eigenvalue weighted by atomic mass is 9.97. The number of hydrogen-bond donors (Lipinski definition) is 0. The summed E-state index contributed by atoms with van der Waals surface area (Å²) in [5.74, 6) is 0.499. The summed E-state index contributed by atoms with van der Waals surface area (Å²) in [5, 5.41) is 7.97. The molecule has 0 radical (unpaired) electrons. The number of piperidine rings is 1. The maximum Gasteiger partial charge on any atom is 0.275 e. The molecule has 1 aliphatic heterocycles. The van der Waals surface area contributed by atoms with Gasteiger partial charge in [-0.25, -0.2) is 0 Å². The van der Waals surface area contributed by atoms with Crippen LogP contribution in [0.3, 0.4) is 0 Å². The van der Waals surface area contributed by atoms with Crippen molar-refractivity contribution in [1.82, 2.24) is 24.8 Å². The summed E-state index contributed by atoms with van der Waals surface area (Å²) in [5.41, 5.74) is 0.358. The van der Waals surface area contributed by atoms with Crippen molar-refractivity contribution in [3.05, 3.63) is 11.9 Å². The van der Waals surface area contributed by atoms with Gasteiger partial charge < -0.3 is 9.80 Å². The predicted molar refractivity (Wildman–Crippen MR) is 91.5 cm³/mol. The summed E-state index contributed by atoms with van der Waals surface area (Å²) in [6, 6.07) is 0.266. The number of rotatable bonds is 6. The minimum absolute atomic E-state index is 0.146. The molecule has 1 atom stereocenters. The number of aromatic nitrogens is 3. The standard InChI is InChI=1S/C17H29N5O2/c1-13(2)11-16(23)22-9-6-5-7-14(22)8-10-21-12-15(18-19-21)17(24)20(3)4/h12-14H,5-11H2,1-4H3. The van der Waals surface area contributed by atoms with Crippen LogP contribution in [-0.4, -0.2) is 63.3 Å². The Morgan fingerprint density at radius 2 is 2.08 bits per heavy atom. The average molecular weight is 335 g/mol. The largest absolute Gasteiger partial charge is 0.343 e. The van der Waals surface area contributed by atoms with Gasteiger partial charge in [0, 0.05) is 39.6 Å². The Kier molecular flexibility index (Phi) is 6.34. The van der Waals surface area contributed by atoms with Crippen LogP contribution in [0.1, 0.15) is 56.4 Å². The predicted octanol–water partition coefficient (Wildman–Crippen LogP) is 1.80. The third-order valence-electron chi connectivity index (χ3n) is 4.39. The maximum absolute atomic E-state index is 12.4. The van der Waals surface area contributed by atoms with Crippen molar-refractivity contribution in [2.45, 2.75) is 58.5 Å². The van der Waals surface area contributed by atoms with Gasteiger partial charge in [-0.2, -0.15) is 0 Å². The molecule has 1 saturated heterocycles. The Bertz CT molecular complexity index is 567. The highest BCUT2D eigenvalue weighted by atomic mass is 16.2. The highest BCUT2D eigenvalue weighted by Crippen LogP contribution is 2.22. The molecule has 2 heterocycles. The fraction of sp³-hybridized carbons (Fsp3) is 0.765. The minimum Gasteiger partial charge on any atom is -0.343 e. The van der Waals surface area contributed by atoms with Crippen LogP contribution in [-0.2, 0) is 11.3 Å². The molecular weight excluding hydrogens is 306 g/mol. The van der Waals surface area contributed by atoms with E-state index in [1.54, 1.807) is 25.0 Å². The van der Waals surface area contributed by atoms with Crippen LogP contribution >= 0.6 is 0 Å². The van der Waals surface area contributed by atoms with E-state index in [2.05, 4.69) is 24.2 Å². The van der Waals surface area contributed by atoms with Crippen LogP contribution in [0, 0.1) is 5.92 Å². The number of amides is 2. The third-order valence-corrected chi connectivity index (χ3v) is 4.39. The Hall–Kier alpha value is -1.92. The van der Waals surface area contributed by atoms with Gasteiger partial charge in [-0.05, 0) is 31.6 Å². The van der Waals surface area contributed by atoms with Crippen molar-refractivity contribution in [1.29, 1.82) is 0 Å². The second kappa shape index (κ2) is 8.26. The van der Waals surface area contributed by atoms with Gasteiger partial charge in [-0.3, -0.25) is 14.3 Å². The van der Waals surface area contributed by atoms with Crippen molar-refractivity contribution < 1.29 is 9.59 Å². The number of carbonyl (C=O) groups excluding carboxylic acids is 2. The zero-order chi connectivity index (χ0) is 17.7. The zero-order valence-corrected chi connectivity index (χ0v) is 15.2. The second-order valence-corrected chi connectivity index (χ2v) is 7.19. The smallest absolute Gasteiger partial charge is 0.275 e. The van der Waals surface area contributed by atoms with Gasteiger partial charge in [0.15, 0.2) is 5.69 Å². The normalized spacial score (nSPS) is 18.0. The van der Waals surface area contributed by atoms with Gasteiger partial charge in [0.05, 0.1) is 6.20 Å². The van der Waals surface area contributed by atoms with Gasteiger partial charge in [0.2, 0.25) is 5.91 Å². The Labute approximate surface area is 144 Å². The van der Waals surface area contributed by atoms with E-state index in [1.807, 2.05) is 4.90 Å². The quantitative estimate of drug-likeness (QED) is 0.795. The monoisotopic (exact) mass is 335 g/mol. The minimum atomic E-state index is -0.146. The van der Waals surface area contributed by atoms with Crippen LogP contribution in [0.4, 0.5) is 0 Å². The van der Waals surface area contributed by atoms with E-state index < -0.39 is 0 Å². The molecule has 134 valence electrons. The molecule has 7 nitrogen and oxygen atoms in total. The second-order valence-electron chi connectivity index (χ2n) is 7.19. The van der Waals surface area contributed by atoms with Crippen molar-refractivity contribution in [3.8, 4) is 0 Å². The Morgan fingerprint density at radius 1 is 1.33 bits per heavy atom. The molecule has 0 aliphatic carbocycles. The third kappa shape index (κ3) is 4.79. The van der Waals surface area contributed by atoms with E-state index in [4.69, 9.17) is 0 Å². The maximum atomic E-state index is 12.4. The van der Waals surface area contributed by atoms with Gasteiger partial charge >= 0.3 is 0 Å². The van der Waals surface area contributed by atoms with Crippen LogP contribution in [0.15, 0.2) is 6.20 Å². The summed E-state index contributed by atoms with van der Waals surface area (Å²) < 4.78 is 1.70. The summed E-state index contributed by atoms with van der Waals surface area (Å²) in [6.45, 7) is 5.69. The van der Waals surface area contributed by atoms with Crippen LogP contribution in [0.2, 0.25) is 0 Å². The van der Waals surface area contributed by atoms with Gasteiger partial charge in [0.25, 0.3) is 5.91 Å². The fourth-order valence-corrected chi connectivity index (χ4v) is 3.11. The first-order valence-electron chi connectivity index (χ1n) is 8.79. The van der Waals surface area contributed by atoms with Crippen molar-refractivity contribution in [2.75, 3.05) is 20.6 Å². The van der Waals surface area contributed by atoms with Gasteiger partial charge in [-0.15, -0.1) is 5.10 Å². The van der Waals surface area contributed by atoms with E-state index in [9.17, 15) is 9.59 Å². The van der Waals surface area contributed by atoms with E-state index in [-0.39, 0.29) is 17.9 Å². The number of hydrogen-bond acceptors (Lipinski definition) is 4. The number of carbonyl (C=O) groups is 2. The fourth-order valence-electron chi connectivity index (χ4n) is 3.11. The van der Waals surface area contributed by atoms with E-state index in [0.29, 0.717) is 24.6 Å². The zero-order valence-electron chi connectivity index (χ0n) is 15.2. The number of likely N-dealkylation sites (tertiary alicyclic amines) is 1. The molecule has 7 heteroatoms. The van der Waals surface area contributed by atoms with Crippen LogP contribution in [0.5, 0.6) is 0 Å². The molecule has 1 unspecified atom stereocenters. The number of aryl methyl sites for hydroxylation is 1. The SMILES string of the molecule is CC(C)CC(=O)N1CCCCC1CCn1cc(C(=O)N(C)C)nn1. The summed E-state index contributed by atoms with van der Waals surface area (Å²) in [7, 11) is 3.39.